The third kappa shape index (κ3) is 2.74. The summed E-state index contributed by atoms with van der Waals surface area (Å²) in [6.45, 7) is 1.93. The predicted molar refractivity (Wildman–Crippen MR) is 106 cm³/mol. The zero-order valence-corrected chi connectivity index (χ0v) is 15.8. The minimum Gasteiger partial charge on any atom is -0.508 e. The van der Waals surface area contributed by atoms with E-state index in [-0.39, 0.29) is 24.2 Å². The van der Waals surface area contributed by atoms with Crippen molar-refractivity contribution in [3.63, 3.8) is 0 Å². The number of anilines is 1. The van der Waals surface area contributed by atoms with Crippen LogP contribution in [-0.4, -0.2) is 16.1 Å². The smallest absolute Gasteiger partial charge is 0.239 e. The van der Waals surface area contributed by atoms with Crippen molar-refractivity contribution in [2.75, 3.05) is 5.32 Å². The molecule has 1 fully saturated rings. The molecule has 1 heterocycles. The fourth-order valence-electron chi connectivity index (χ4n) is 5.11. The van der Waals surface area contributed by atoms with Crippen LogP contribution in [0.4, 0.5) is 5.69 Å². The van der Waals surface area contributed by atoms with Gasteiger partial charge in [0.05, 0.1) is 6.61 Å². The normalized spacial score (nSPS) is 23.0. The molecule has 3 N–H and O–H groups in total. The monoisotopic (exact) mass is 365 g/mol. The van der Waals surface area contributed by atoms with Crippen LogP contribution in [0.3, 0.4) is 0 Å². The maximum Gasteiger partial charge on any atom is 0.239 e. The molecule has 1 atom stereocenters. The number of amides is 1. The van der Waals surface area contributed by atoms with Crippen molar-refractivity contribution in [3.05, 3.63) is 58.7 Å². The van der Waals surface area contributed by atoms with Gasteiger partial charge >= 0.3 is 0 Å². The van der Waals surface area contributed by atoms with E-state index in [0.29, 0.717) is 0 Å². The first-order chi connectivity index (χ1) is 13.1. The molecule has 4 heteroatoms. The van der Waals surface area contributed by atoms with Crippen molar-refractivity contribution in [3.8, 4) is 5.75 Å². The Morgan fingerprint density at radius 3 is 2.33 bits per heavy atom. The van der Waals surface area contributed by atoms with Crippen LogP contribution < -0.4 is 5.32 Å². The predicted octanol–water partition coefficient (Wildman–Crippen LogP) is 4.40. The van der Waals surface area contributed by atoms with Crippen LogP contribution in [0.5, 0.6) is 5.75 Å². The number of rotatable bonds is 3. The van der Waals surface area contributed by atoms with Gasteiger partial charge in [0.15, 0.2) is 0 Å². The second-order valence-corrected chi connectivity index (χ2v) is 7.93. The van der Waals surface area contributed by atoms with Crippen LogP contribution in [0, 0.1) is 12.8 Å². The van der Waals surface area contributed by atoms with Crippen molar-refractivity contribution in [2.45, 2.75) is 57.5 Å². The van der Waals surface area contributed by atoms with E-state index in [1.165, 1.54) is 12.8 Å². The number of benzene rings is 2. The first-order valence-electron chi connectivity index (χ1n) is 9.93. The highest BCUT2D eigenvalue weighted by atomic mass is 16.3. The van der Waals surface area contributed by atoms with E-state index in [2.05, 4.69) is 5.32 Å². The van der Waals surface area contributed by atoms with E-state index in [4.69, 9.17) is 0 Å². The zero-order chi connectivity index (χ0) is 19.0. The molecule has 0 radical (unpaired) electrons. The van der Waals surface area contributed by atoms with Crippen molar-refractivity contribution >= 4 is 11.6 Å². The van der Waals surface area contributed by atoms with Crippen LogP contribution >= 0.6 is 0 Å². The highest BCUT2D eigenvalue weighted by Crippen LogP contribution is 2.53. The summed E-state index contributed by atoms with van der Waals surface area (Å²) in [5.74, 6) is 0.457. The summed E-state index contributed by atoms with van der Waals surface area (Å²) in [7, 11) is 0. The number of aliphatic hydroxyl groups excluding tert-OH is 1. The molecule has 0 saturated heterocycles. The Balaban J connectivity index is 1.96. The molecule has 0 bridgehead atoms. The number of fused-ring (bicyclic) bond motifs is 1. The van der Waals surface area contributed by atoms with Crippen LogP contribution in [0.2, 0.25) is 0 Å². The molecule has 2 aliphatic rings. The minimum absolute atomic E-state index is 0.0216. The summed E-state index contributed by atoms with van der Waals surface area (Å²) in [5, 5.41) is 22.6. The molecule has 4 rings (SSSR count). The fourth-order valence-corrected chi connectivity index (χ4v) is 5.11. The number of carbonyl (C=O) groups excluding carboxylic acids is 1. The SMILES string of the molecule is Cc1c(CO)ccc2c1NC(=O)C2(c1ccc(O)cc1)C1CCCCCC1. The van der Waals surface area contributed by atoms with Gasteiger partial charge < -0.3 is 15.5 Å². The van der Waals surface area contributed by atoms with Crippen LogP contribution in [0.15, 0.2) is 36.4 Å². The molecule has 1 aliphatic heterocycles. The van der Waals surface area contributed by atoms with Crippen molar-refractivity contribution in [1.82, 2.24) is 0 Å². The molecule has 2 aromatic rings. The third-order valence-electron chi connectivity index (χ3n) is 6.56. The third-order valence-corrected chi connectivity index (χ3v) is 6.56. The molecule has 2 aromatic carbocycles. The van der Waals surface area contributed by atoms with Crippen LogP contribution in [0.1, 0.15) is 60.8 Å². The van der Waals surface area contributed by atoms with E-state index in [9.17, 15) is 15.0 Å². The summed E-state index contributed by atoms with van der Waals surface area (Å²) in [4.78, 5) is 13.6. The van der Waals surface area contributed by atoms with E-state index >= 15 is 0 Å². The number of carbonyl (C=O) groups is 1. The molecule has 4 nitrogen and oxygen atoms in total. The molecule has 27 heavy (non-hydrogen) atoms. The average molecular weight is 365 g/mol. The lowest BCUT2D eigenvalue weighted by Crippen LogP contribution is -2.43. The van der Waals surface area contributed by atoms with Crippen LogP contribution in [0.25, 0.3) is 0 Å². The Labute approximate surface area is 160 Å². The van der Waals surface area contributed by atoms with Gasteiger partial charge in [-0.1, -0.05) is 49.9 Å². The lowest BCUT2D eigenvalue weighted by Gasteiger charge is -2.36. The standard InChI is InChI=1S/C23H27NO3/c1-15-16(14-25)8-13-20-21(15)24-22(27)23(20,17-6-4-2-3-5-7-17)18-9-11-19(26)12-10-18/h8-13,17,25-26H,2-7,14H2,1H3,(H,24,27). The molecule has 1 unspecified atom stereocenters. The Morgan fingerprint density at radius 2 is 1.70 bits per heavy atom. The molecular formula is C23H27NO3. The molecule has 1 aliphatic carbocycles. The summed E-state index contributed by atoms with van der Waals surface area (Å²) >= 11 is 0. The first-order valence-corrected chi connectivity index (χ1v) is 9.93. The zero-order valence-electron chi connectivity index (χ0n) is 15.8. The number of hydrogen-bond donors (Lipinski definition) is 3. The second kappa shape index (κ2) is 7.01. The fraction of sp³-hybridized carbons (Fsp3) is 0.435. The van der Waals surface area contributed by atoms with E-state index in [1.807, 2.05) is 31.2 Å². The molecule has 0 aromatic heterocycles. The van der Waals surface area contributed by atoms with Gasteiger partial charge in [0.25, 0.3) is 0 Å². The average Bonchev–Trinajstić information content (AvgIpc) is 2.83. The van der Waals surface area contributed by atoms with E-state index in [0.717, 1.165) is 53.6 Å². The van der Waals surface area contributed by atoms with Crippen molar-refractivity contribution in [1.29, 1.82) is 0 Å². The Hall–Kier alpha value is -2.33. The number of phenols is 1. The van der Waals surface area contributed by atoms with Crippen molar-refractivity contribution in [2.24, 2.45) is 5.92 Å². The number of hydrogen-bond acceptors (Lipinski definition) is 3. The molecule has 142 valence electrons. The Morgan fingerprint density at radius 1 is 1.04 bits per heavy atom. The second-order valence-electron chi connectivity index (χ2n) is 7.93. The summed E-state index contributed by atoms with van der Waals surface area (Å²) in [6, 6.07) is 11.1. The summed E-state index contributed by atoms with van der Waals surface area (Å²) in [6.07, 6.45) is 6.77. The van der Waals surface area contributed by atoms with Gasteiger partial charge in [-0.25, -0.2) is 0 Å². The molecule has 0 spiro atoms. The Bertz CT molecular complexity index is 851. The topological polar surface area (TPSA) is 69.6 Å². The van der Waals surface area contributed by atoms with Gasteiger partial charge in [-0.2, -0.15) is 0 Å². The van der Waals surface area contributed by atoms with Crippen molar-refractivity contribution < 1.29 is 15.0 Å². The van der Waals surface area contributed by atoms with Gasteiger partial charge in [0.2, 0.25) is 5.91 Å². The highest BCUT2D eigenvalue weighted by Gasteiger charge is 2.53. The lowest BCUT2D eigenvalue weighted by atomic mass is 9.63. The lowest BCUT2D eigenvalue weighted by molar-refractivity contribution is -0.121. The van der Waals surface area contributed by atoms with Gasteiger partial charge in [-0.05, 0) is 60.1 Å². The Kier molecular flexibility index (Phi) is 4.68. The number of phenolic OH excluding ortho intramolecular Hbond substituents is 1. The maximum atomic E-state index is 13.6. The van der Waals surface area contributed by atoms with E-state index < -0.39 is 5.41 Å². The molecule has 1 saturated carbocycles. The minimum atomic E-state index is -0.730. The first kappa shape index (κ1) is 18.1. The van der Waals surface area contributed by atoms with Gasteiger partial charge in [-0.15, -0.1) is 0 Å². The van der Waals surface area contributed by atoms with E-state index in [1.54, 1.807) is 12.1 Å². The van der Waals surface area contributed by atoms with Gasteiger partial charge in [-0.3, -0.25) is 4.79 Å². The van der Waals surface area contributed by atoms with Gasteiger partial charge in [0.1, 0.15) is 11.2 Å². The highest BCUT2D eigenvalue weighted by molar-refractivity contribution is 6.09. The quantitative estimate of drug-likeness (QED) is 0.706. The largest absolute Gasteiger partial charge is 0.508 e. The summed E-state index contributed by atoms with van der Waals surface area (Å²) < 4.78 is 0. The molecule has 1 amide bonds. The van der Waals surface area contributed by atoms with Crippen LogP contribution in [-0.2, 0) is 16.8 Å². The number of aromatic hydroxyl groups is 1. The van der Waals surface area contributed by atoms with Gasteiger partial charge in [0, 0.05) is 5.69 Å². The maximum absolute atomic E-state index is 13.6. The number of aliphatic hydroxyl groups is 1. The number of nitrogens with one attached hydrogen (secondary N) is 1. The molecular weight excluding hydrogens is 338 g/mol. The summed E-state index contributed by atoms with van der Waals surface area (Å²) in [5.41, 5.74) is 3.86.